The number of ether oxygens (including phenoxy) is 1. The molecule has 0 aliphatic heterocycles. The molecule has 0 bridgehead atoms. The Labute approximate surface area is 160 Å². The van der Waals surface area contributed by atoms with Crippen LogP contribution in [0.5, 0.6) is 0 Å². The summed E-state index contributed by atoms with van der Waals surface area (Å²) in [7, 11) is 0. The first-order valence-electron chi connectivity index (χ1n) is 11.4. The molecule has 148 valence electrons. The third-order valence-electron chi connectivity index (χ3n) is 9.83. The van der Waals surface area contributed by atoms with Crippen LogP contribution in [0.4, 0.5) is 0 Å². The summed E-state index contributed by atoms with van der Waals surface area (Å²) < 4.78 is 5.61. The molecule has 0 aromatic carbocycles. The van der Waals surface area contributed by atoms with E-state index in [-0.39, 0.29) is 12.1 Å². The van der Waals surface area contributed by atoms with Crippen LogP contribution >= 0.6 is 0 Å². The molecule has 4 rings (SSSR count). The van der Waals surface area contributed by atoms with Crippen LogP contribution < -0.4 is 0 Å². The van der Waals surface area contributed by atoms with Crippen LogP contribution in [-0.4, -0.2) is 12.1 Å². The highest BCUT2D eigenvalue weighted by atomic mass is 16.5. The average molecular weight is 361 g/mol. The zero-order valence-electron chi connectivity index (χ0n) is 17.7. The number of rotatable bonds is 2. The van der Waals surface area contributed by atoms with Gasteiger partial charge in [0.15, 0.2) is 0 Å². The Balaban J connectivity index is 1.53. The maximum absolute atomic E-state index is 11.4. The van der Waals surface area contributed by atoms with Gasteiger partial charge in [-0.15, -0.1) is 0 Å². The highest BCUT2D eigenvalue weighted by molar-refractivity contribution is 5.66. The lowest BCUT2D eigenvalue weighted by Crippen LogP contribution is -2.54. The second-order valence-corrected chi connectivity index (χ2v) is 11.1. The molecule has 8 atom stereocenters. The molecular formula is C24H40O2. The van der Waals surface area contributed by atoms with Gasteiger partial charge >= 0.3 is 5.97 Å². The highest BCUT2D eigenvalue weighted by Crippen LogP contribution is 2.68. The minimum Gasteiger partial charge on any atom is -0.463 e. The Morgan fingerprint density at radius 2 is 1.62 bits per heavy atom. The quantitative estimate of drug-likeness (QED) is 0.545. The van der Waals surface area contributed by atoms with E-state index in [1.165, 1.54) is 44.9 Å². The van der Waals surface area contributed by atoms with Crippen LogP contribution in [0.2, 0.25) is 0 Å². The number of hydrogen-bond acceptors (Lipinski definition) is 2. The fraction of sp³-hybridized carbons (Fsp3) is 0.958. The predicted octanol–water partition coefficient (Wildman–Crippen LogP) is 6.23. The van der Waals surface area contributed by atoms with Gasteiger partial charge < -0.3 is 4.74 Å². The van der Waals surface area contributed by atoms with E-state index in [1.54, 1.807) is 6.92 Å². The second-order valence-electron chi connectivity index (χ2n) is 11.1. The summed E-state index contributed by atoms with van der Waals surface area (Å²) in [6, 6.07) is 0. The third-order valence-corrected chi connectivity index (χ3v) is 9.83. The second kappa shape index (κ2) is 6.52. The molecule has 0 heterocycles. The Hall–Kier alpha value is -0.530. The zero-order valence-corrected chi connectivity index (χ0v) is 17.7. The van der Waals surface area contributed by atoms with Crippen LogP contribution in [0.1, 0.15) is 92.4 Å². The molecule has 0 radical (unpaired) electrons. The topological polar surface area (TPSA) is 26.3 Å². The monoisotopic (exact) mass is 360 g/mol. The maximum atomic E-state index is 11.4. The summed E-state index contributed by atoms with van der Waals surface area (Å²) >= 11 is 0. The van der Waals surface area contributed by atoms with E-state index in [2.05, 4.69) is 27.7 Å². The summed E-state index contributed by atoms with van der Waals surface area (Å²) in [5.74, 6) is 5.32. The molecule has 0 spiro atoms. The Kier molecular flexibility index (Phi) is 4.72. The van der Waals surface area contributed by atoms with Crippen molar-refractivity contribution in [1.29, 1.82) is 0 Å². The summed E-state index contributed by atoms with van der Waals surface area (Å²) in [6.07, 6.45) is 12.3. The van der Waals surface area contributed by atoms with Crippen molar-refractivity contribution in [3.05, 3.63) is 0 Å². The number of carbonyl (C=O) groups excluding carboxylic acids is 1. The normalized spacial score (nSPS) is 50.7. The van der Waals surface area contributed by atoms with Gasteiger partial charge in [0, 0.05) is 6.92 Å². The molecule has 2 heteroatoms. The van der Waals surface area contributed by atoms with Gasteiger partial charge in [-0.1, -0.05) is 27.7 Å². The lowest BCUT2D eigenvalue weighted by Gasteiger charge is -2.61. The first-order chi connectivity index (χ1) is 12.3. The van der Waals surface area contributed by atoms with Crippen molar-refractivity contribution in [2.24, 2.45) is 46.3 Å². The molecule has 4 aliphatic rings. The van der Waals surface area contributed by atoms with Crippen molar-refractivity contribution in [1.82, 2.24) is 0 Å². The largest absolute Gasteiger partial charge is 0.463 e. The van der Waals surface area contributed by atoms with Crippen LogP contribution in [0.15, 0.2) is 0 Å². The maximum Gasteiger partial charge on any atom is 0.302 e. The van der Waals surface area contributed by atoms with Crippen LogP contribution in [0.3, 0.4) is 0 Å². The molecule has 0 aromatic rings. The van der Waals surface area contributed by atoms with Gasteiger partial charge in [-0.2, -0.15) is 0 Å². The fourth-order valence-electron chi connectivity index (χ4n) is 8.70. The predicted molar refractivity (Wildman–Crippen MR) is 106 cm³/mol. The molecule has 0 amide bonds. The van der Waals surface area contributed by atoms with Crippen molar-refractivity contribution in [3.63, 3.8) is 0 Å². The Morgan fingerprint density at radius 1 is 0.923 bits per heavy atom. The van der Waals surface area contributed by atoms with Crippen molar-refractivity contribution >= 4 is 5.97 Å². The average Bonchev–Trinajstić information content (AvgIpc) is 2.92. The molecule has 0 aromatic heterocycles. The summed E-state index contributed by atoms with van der Waals surface area (Å²) in [5, 5.41) is 0. The van der Waals surface area contributed by atoms with Crippen molar-refractivity contribution in [2.45, 2.75) is 98.5 Å². The van der Waals surface area contributed by atoms with E-state index < -0.39 is 0 Å². The van der Waals surface area contributed by atoms with Gasteiger partial charge in [-0.3, -0.25) is 4.79 Å². The van der Waals surface area contributed by atoms with Gasteiger partial charge in [0.1, 0.15) is 6.10 Å². The zero-order chi connectivity index (χ0) is 18.7. The van der Waals surface area contributed by atoms with Crippen molar-refractivity contribution < 1.29 is 9.53 Å². The number of hydrogen-bond donors (Lipinski definition) is 0. The molecule has 2 nitrogen and oxygen atoms in total. The molecule has 4 aliphatic carbocycles. The smallest absolute Gasteiger partial charge is 0.302 e. The molecule has 26 heavy (non-hydrogen) atoms. The van der Waals surface area contributed by atoms with Gasteiger partial charge in [0.2, 0.25) is 0 Å². The van der Waals surface area contributed by atoms with Crippen molar-refractivity contribution in [3.8, 4) is 0 Å². The van der Waals surface area contributed by atoms with Crippen LogP contribution in [0, 0.1) is 46.3 Å². The lowest BCUT2D eigenvalue weighted by molar-refractivity contribution is -0.160. The van der Waals surface area contributed by atoms with Gasteiger partial charge in [0.05, 0.1) is 0 Å². The SMILES string of the molecule is CC(=O)OC1CCC2(C)C(CCC3C2CCC2(C)C(C(C)C)CCC32)C1. The molecule has 0 N–H and O–H groups in total. The number of esters is 1. The molecule has 4 saturated carbocycles. The Bertz CT molecular complexity index is 554. The van der Waals surface area contributed by atoms with E-state index >= 15 is 0 Å². The molecule has 8 unspecified atom stereocenters. The Morgan fingerprint density at radius 3 is 2.31 bits per heavy atom. The van der Waals surface area contributed by atoms with Gasteiger partial charge in [-0.05, 0) is 104 Å². The van der Waals surface area contributed by atoms with Gasteiger partial charge in [0.25, 0.3) is 0 Å². The molecular weight excluding hydrogens is 320 g/mol. The lowest BCUT2D eigenvalue weighted by atomic mass is 9.44. The molecule has 0 saturated heterocycles. The number of carbonyl (C=O) groups is 1. The van der Waals surface area contributed by atoms with Gasteiger partial charge in [-0.25, -0.2) is 0 Å². The summed E-state index contributed by atoms with van der Waals surface area (Å²) in [6.45, 7) is 11.7. The van der Waals surface area contributed by atoms with E-state index in [0.29, 0.717) is 10.8 Å². The van der Waals surface area contributed by atoms with E-state index in [9.17, 15) is 4.79 Å². The van der Waals surface area contributed by atoms with Crippen LogP contribution in [0.25, 0.3) is 0 Å². The van der Waals surface area contributed by atoms with E-state index in [4.69, 9.17) is 4.74 Å². The third kappa shape index (κ3) is 2.76. The minimum atomic E-state index is -0.0913. The minimum absolute atomic E-state index is 0.0913. The van der Waals surface area contributed by atoms with E-state index in [1.807, 2.05) is 0 Å². The first-order valence-corrected chi connectivity index (χ1v) is 11.4. The first kappa shape index (κ1) is 18.8. The standard InChI is InChI=1S/C24H40O2/c1-15(2)20-8-9-21-19-7-6-17-14-18(26-16(3)25)10-12-23(17,4)22(19)11-13-24(20,21)5/h15,17-22H,6-14H2,1-5H3. The summed E-state index contributed by atoms with van der Waals surface area (Å²) in [5.41, 5.74) is 1.10. The van der Waals surface area contributed by atoms with Crippen LogP contribution in [-0.2, 0) is 9.53 Å². The van der Waals surface area contributed by atoms with Crippen molar-refractivity contribution in [2.75, 3.05) is 0 Å². The van der Waals surface area contributed by atoms with E-state index in [0.717, 1.165) is 48.3 Å². The highest BCUT2D eigenvalue weighted by Gasteiger charge is 2.60. The molecule has 4 fully saturated rings. The fourth-order valence-corrected chi connectivity index (χ4v) is 8.70. The summed E-state index contributed by atoms with van der Waals surface area (Å²) in [4.78, 5) is 11.4. The number of fused-ring (bicyclic) bond motifs is 5.